The summed E-state index contributed by atoms with van der Waals surface area (Å²) in [6.07, 6.45) is 5.82. The van der Waals surface area contributed by atoms with Crippen molar-refractivity contribution in [1.82, 2.24) is 4.72 Å². The first-order valence-electron chi connectivity index (χ1n) is 11.6. The number of hydrogen-bond acceptors (Lipinski definition) is 4. The predicted molar refractivity (Wildman–Crippen MR) is 139 cm³/mol. The number of benzene rings is 3. The van der Waals surface area contributed by atoms with E-state index in [4.69, 9.17) is 5.73 Å². The van der Waals surface area contributed by atoms with E-state index in [0.717, 1.165) is 18.4 Å². The number of nitrogens with one attached hydrogen (secondary N) is 1. The number of carbonyl (C=O) groups excluding carboxylic acids is 2. The average Bonchev–Trinajstić information content (AvgIpc) is 2.87. The molecule has 3 aromatic rings. The average molecular weight is 491 g/mol. The number of rotatable bonds is 12. The molecule has 0 aliphatic carbocycles. The Hall–Kier alpha value is -3.55. The van der Waals surface area contributed by atoms with Gasteiger partial charge in [0.25, 0.3) is 0 Å². The number of unbranched alkanes of at least 4 members (excludes halogenated alkanes) is 1. The Balaban J connectivity index is 1.95. The van der Waals surface area contributed by atoms with E-state index in [9.17, 15) is 18.0 Å². The summed E-state index contributed by atoms with van der Waals surface area (Å²) in [6.45, 7) is 1.67. The van der Waals surface area contributed by atoms with Gasteiger partial charge in [0, 0.05) is 11.5 Å². The first-order valence-corrected chi connectivity index (χ1v) is 13.0. The van der Waals surface area contributed by atoms with Crippen LogP contribution in [0.15, 0.2) is 83.8 Å². The van der Waals surface area contributed by atoms with Crippen molar-refractivity contribution in [3.05, 3.63) is 101 Å². The van der Waals surface area contributed by atoms with E-state index < -0.39 is 21.8 Å². The number of Topliss-reactive ketones (excluding diaryl/α,β-unsaturated/α-hetero) is 1. The second kappa shape index (κ2) is 12.2. The van der Waals surface area contributed by atoms with Crippen LogP contribution in [0.4, 0.5) is 0 Å². The van der Waals surface area contributed by atoms with Gasteiger partial charge in [0.15, 0.2) is 5.78 Å². The van der Waals surface area contributed by atoms with Crippen molar-refractivity contribution >= 4 is 33.9 Å². The number of ketones is 1. The second-order valence-corrected chi connectivity index (χ2v) is 9.98. The molecule has 0 radical (unpaired) electrons. The maximum absolute atomic E-state index is 13.4. The van der Waals surface area contributed by atoms with Gasteiger partial charge in [0.1, 0.15) is 0 Å². The topological polar surface area (TPSA) is 106 Å². The van der Waals surface area contributed by atoms with E-state index in [0.29, 0.717) is 23.1 Å². The van der Waals surface area contributed by atoms with Crippen LogP contribution in [0.1, 0.15) is 59.2 Å². The molecule has 0 heterocycles. The molecule has 0 aliphatic rings. The van der Waals surface area contributed by atoms with E-state index in [1.807, 2.05) is 43.3 Å². The van der Waals surface area contributed by atoms with Gasteiger partial charge in [-0.05, 0) is 41.3 Å². The lowest BCUT2D eigenvalue weighted by atomic mass is 9.84. The third kappa shape index (κ3) is 6.97. The van der Waals surface area contributed by atoms with Gasteiger partial charge in [-0.3, -0.25) is 9.59 Å². The summed E-state index contributed by atoms with van der Waals surface area (Å²) in [4.78, 5) is 25.7. The lowest BCUT2D eigenvalue weighted by molar-refractivity contribution is -0.119. The van der Waals surface area contributed by atoms with Crippen LogP contribution in [0.5, 0.6) is 0 Å². The van der Waals surface area contributed by atoms with Gasteiger partial charge in [-0.2, -0.15) is 0 Å². The van der Waals surface area contributed by atoms with E-state index in [-0.39, 0.29) is 17.2 Å². The molecular weight excluding hydrogens is 460 g/mol. The number of sulfonamides is 1. The fourth-order valence-electron chi connectivity index (χ4n) is 3.90. The van der Waals surface area contributed by atoms with Crippen LogP contribution in [0, 0.1) is 0 Å². The highest BCUT2D eigenvalue weighted by Gasteiger charge is 2.26. The lowest BCUT2D eigenvalue weighted by Crippen LogP contribution is -2.32. The summed E-state index contributed by atoms with van der Waals surface area (Å²) in [5.41, 5.74) is 8.14. The van der Waals surface area contributed by atoms with Crippen LogP contribution >= 0.6 is 0 Å². The third-order valence-electron chi connectivity index (χ3n) is 5.75. The van der Waals surface area contributed by atoms with Gasteiger partial charge in [-0.1, -0.05) is 92.6 Å². The van der Waals surface area contributed by atoms with Crippen LogP contribution in [-0.4, -0.2) is 26.7 Å². The molecule has 0 spiro atoms. The summed E-state index contributed by atoms with van der Waals surface area (Å²) in [5.74, 6) is -1.46. The Kier molecular flexibility index (Phi) is 9.11. The fourth-order valence-corrected chi connectivity index (χ4v) is 4.92. The van der Waals surface area contributed by atoms with E-state index >= 15 is 0 Å². The zero-order chi connectivity index (χ0) is 25.3. The normalized spacial score (nSPS) is 12.5. The quantitative estimate of drug-likeness (QED) is 0.356. The van der Waals surface area contributed by atoms with Crippen molar-refractivity contribution in [1.29, 1.82) is 0 Å². The zero-order valence-corrected chi connectivity index (χ0v) is 20.5. The maximum atomic E-state index is 13.4. The summed E-state index contributed by atoms with van der Waals surface area (Å²) in [5, 5.41) is 0. The number of primary amides is 1. The van der Waals surface area contributed by atoms with Crippen LogP contribution in [0.2, 0.25) is 0 Å². The van der Waals surface area contributed by atoms with Crippen molar-refractivity contribution < 1.29 is 18.0 Å². The molecule has 0 aromatic heterocycles. The van der Waals surface area contributed by atoms with Crippen LogP contribution < -0.4 is 10.5 Å². The smallest absolute Gasteiger partial charge is 0.249 e. The highest BCUT2D eigenvalue weighted by Crippen LogP contribution is 2.30. The van der Waals surface area contributed by atoms with Crippen molar-refractivity contribution in [2.24, 2.45) is 5.73 Å². The van der Waals surface area contributed by atoms with Gasteiger partial charge in [-0.25, -0.2) is 13.1 Å². The van der Waals surface area contributed by atoms with Gasteiger partial charge >= 0.3 is 0 Å². The van der Waals surface area contributed by atoms with Crippen molar-refractivity contribution in [2.75, 3.05) is 6.54 Å². The third-order valence-corrected chi connectivity index (χ3v) is 7.16. The second-order valence-electron chi connectivity index (χ2n) is 8.22. The summed E-state index contributed by atoms with van der Waals surface area (Å²) in [6, 6.07) is 22.7. The Morgan fingerprint density at radius 2 is 1.57 bits per heavy atom. The van der Waals surface area contributed by atoms with Gasteiger partial charge in [-0.15, -0.1) is 0 Å². The summed E-state index contributed by atoms with van der Waals surface area (Å²) >= 11 is 0. The maximum Gasteiger partial charge on any atom is 0.249 e. The molecule has 6 nitrogen and oxygen atoms in total. The highest BCUT2D eigenvalue weighted by molar-refractivity contribution is 7.89. The number of nitrogens with two attached hydrogens (primary N) is 1. The van der Waals surface area contributed by atoms with Crippen LogP contribution in [0.25, 0.3) is 12.2 Å². The molecule has 35 heavy (non-hydrogen) atoms. The molecule has 3 N–H and O–H groups in total. The first-order chi connectivity index (χ1) is 16.8. The molecular formula is C28H30N2O4S. The predicted octanol–water partition coefficient (Wildman–Crippen LogP) is 4.78. The van der Waals surface area contributed by atoms with Gasteiger partial charge in [0.05, 0.1) is 11.4 Å². The Morgan fingerprint density at radius 3 is 2.20 bits per heavy atom. The Labute approximate surface area is 206 Å². The molecule has 0 fully saturated rings. The minimum absolute atomic E-state index is 0.0973. The molecule has 1 unspecified atom stereocenters. The summed E-state index contributed by atoms with van der Waals surface area (Å²) < 4.78 is 27.7. The van der Waals surface area contributed by atoms with Crippen LogP contribution in [-0.2, 0) is 14.8 Å². The molecule has 0 bridgehead atoms. The Morgan fingerprint density at radius 1 is 0.914 bits per heavy atom. The molecule has 7 heteroatoms. The Bertz CT molecular complexity index is 1290. The monoisotopic (exact) mass is 490 g/mol. The molecule has 0 saturated heterocycles. The van der Waals surface area contributed by atoms with Crippen molar-refractivity contribution in [2.45, 2.75) is 37.0 Å². The summed E-state index contributed by atoms with van der Waals surface area (Å²) in [7, 11) is -3.83. The van der Waals surface area contributed by atoms with E-state index in [1.54, 1.807) is 42.5 Å². The van der Waals surface area contributed by atoms with Crippen molar-refractivity contribution in [3.63, 3.8) is 0 Å². The molecule has 1 atom stereocenters. The van der Waals surface area contributed by atoms with Crippen molar-refractivity contribution in [3.8, 4) is 0 Å². The first kappa shape index (κ1) is 26.1. The van der Waals surface area contributed by atoms with E-state index in [2.05, 4.69) is 4.72 Å². The highest BCUT2D eigenvalue weighted by atomic mass is 32.2. The molecule has 0 aliphatic heterocycles. The minimum Gasteiger partial charge on any atom is -0.366 e. The molecule has 182 valence electrons. The van der Waals surface area contributed by atoms with Gasteiger partial charge < -0.3 is 5.73 Å². The van der Waals surface area contributed by atoms with Gasteiger partial charge in [0.2, 0.25) is 15.9 Å². The van der Waals surface area contributed by atoms with Crippen LogP contribution in [0.3, 0.4) is 0 Å². The molecule has 3 aromatic carbocycles. The lowest BCUT2D eigenvalue weighted by Gasteiger charge is -2.20. The zero-order valence-electron chi connectivity index (χ0n) is 19.7. The number of amides is 1. The standard InChI is InChI=1S/C28H30N2O4S/c1-2-3-15-25(27(31)20-30-35(33,34)22-13-8-5-9-14-22)23-16-10-17-26(28(29)32)24(23)19-18-21-11-6-4-7-12-21/h4-14,16-19,25,30H,2-3,15,20H2,1H3,(H2,29,32). The fraction of sp³-hybridized carbons (Fsp3) is 0.214. The SMILES string of the molecule is CCCCC(C(=O)CNS(=O)(=O)c1ccccc1)c1cccc(C(N)=O)c1C=Cc1ccccc1. The van der Waals surface area contributed by atoms with E-state index in [1.165, 1.54) is 12.1 Å². The molecule has 1 amide bonds. The molecule has 3 rings (SSSR count). The number of hydrogen-bond donors (Lipinski definition) is 2. The molecule has 0 saturated carbocycles. The largest absolute Gasteiger partial charge is 0.366 e. The minimum atomic E-state index is -3.83. The number of carbonyl (C=O) groups is 2.